The van der Waals surface area contributed by atoms with Crippen LogP contribution in [0.25, 0.3) is 22.6 Å². The highest BCUT2D eigenvalue weighted by Gasteiger charge is 2.19. The summed E-state index contributed by atoms with van der Waals surface area (Å²) in [6.07, 6.45) is 1.53. The van der Waals surface area contributed by atoms with Crippen LogP contribution in [0.15, 0.2) is 48.8 Å². The Kier molecular flexibility index (Phi) is 4.49. The van der Waals surface area contributed by atoms with Crippen molar-refractivity contribution in [2.24, 2.45) is 7.05 Å². The molecule has 31 heavy (non-hydrogen) atoms. The third kappa shape index (κ3) is 3.87. The molecule has 10 heteroatoms. The van der Waals surface area contributed by atoms with E-state index in [-0.39, 0.29) is 11.4 Å². The first-order chi connectivity index (χ1) is 16.2. The van der Waals surface area contributed by atoms with Crippen LogP contribution in [0.4, 0.5) is 20.2 Å². The number of rotatable bonds is 6. The highest BCUT2D eigenvalue weighted by molar-refractivity contribution is 5.80. The van der Waals surface area contributed by atoms with Gasteiger partial charge in [0.05, 0.1) is 35.1 Å². The number of para-hydroxylation sites is 1. The normalized spacial score (nSPS) is 12.6. The van der Waals surface area contributed by atoms with Crippen molar-refractivity contribution in [3.05, 3.63) is 60.4 Å². The molecule has 0 radical (unpaired) electrons. The summed E-state index contributed by atoms with van der Waals surface area (Å²) in [6, 6.07) is 9.69. The molecule has 4 rings (SSSR count). The van der Waals surface area contributed by atoms with E-state index in [0.29, 0.717) is 22.8 Å². The standard InChI is InChI=1S/C21H18F2N6O2/c1-29-11-24-20(28-29)12-6-4-9-15(19(12)30-2)25-17-10-16(26-27-21(17)31-3)18-13(22)7-5-8-14(18)23/h4-11H,1-3H3,(H,25,26)/i3D3. The predicted molar refractivity (Wildman–Crippen MR) is 110 cm³/mol. The second-order valence-electron chi connectivity index (χ2n) is 6.40. The molecule has 2 aromatic heterocycles. The van der Waals surface area contributed by atoms with E-state index in [9.17, 15) is 8.78 Å². The van der Waals surface area contributed by atoms with Gasteiger partial charge in [-0.15, -0.1) is 10.2 Å². The van der Waals surface area contributed by atoms with Crippen molar-refractivity contribution in [1.29, 1.82) is 0 Å². The molecule has 4 aromatic rings. The molecule has 2 heterocycles. The van der Waals surface area contributed by atoms with Gasteiger partial charge in [0.15, 0.2) is 11.6 Å². The average molecular weight is 427 g/mol. The number of aromatic nitrogens is 5. The molecule has 0 spiro atoms. The topological polar surface area (TPSA) is 87.0 Å². The van der Waals surface area contributed by atoms with Crippen LogP contribution in [0.1, 0.15) is 4.11 Å². The van der Waals surface area contributed by atoms with Gasteiger partial charge in [0, 0.05) is 7.05 Å². The van der Waals surface area contributed by atoms with Crippen LogP contribution in [-0.2, 0) is 7.05 Å². The van der Waals surface area contributed by atoms with Gasteiger partial charge in [-0.3, -0.25) is 4.68 Å². The van der Waals surface area contributed by atoms with E-state index in [4.69, 9.17) is 13.6 Å². The Morgan fingerprint density at radius 3 is 2.48 bits per heavy atom. The van der Waals surface area contributed by atoms with Gasteiger partial charge in [0.1, 0.15) is 29.3 Å². The maximum absolute atomic E-state index is 14.3. The molecule has 0 aliphatic rings. The summed E-state index contributed by atoms with van der Waals surface area (Å²) in [5, 5.41) is 14.8. The first kappa shape index (κ1) is 16.7. The van der Waals surface area contributed by atoms with Crippen molar-refractivity contribution in [1.82, 2.24) is 25.0 Å². The van der Waals surface area contributed by atoms with Crippen LogP contribution in [0.2, 0.25) is 0 Å². The van der Waals surface area contributed by atoms with Gasteiger partial charge in [0.25, 0.3) is 5.88 Å². The SMILES string of the molecule is [2H]C([2H])([2H])Oc1nnc(-c2c(F)cccc2F)cc1Nc1cccc(-c2ncn(C)n2)c1OC. The number of ether oxygens (including phenoxy) is 2. The van der Waals surface area contributed by atoms with Crippen LogP contribution in [0, 0.1) is 11.6 Å². The summed E-state index contributed by atoms with van der Waals surface area (Å²) in [6.45, 7) is 0. The van der Waals surface area contributed by atoms with Crippen LogP contribution in [0.3, 0.4) is 0 Å². The molecule has 0 fully saturated rings. The average Bonchev–Trinajstić information content (AvgIpc) is 3.20. The minimum atomic E-state index is -2.85. The number of nitrogens with zero attached hydrogens (tertiary/aromatic N) is 5. The van der Waals surface area contributed by atoms with Gasteiger partial charge in [-0.1, -0.05) is 12.1 Å². The molecule has 0 aliphatic heterocycles. The van der Waals surface area contributed by atoms with Gasteiger partial charge in [-0.05, 0) is 30.3 Å². The Morgan fingerprint density at radius 2 is 1.81 bits per heavy atom. The Labute approximate surface area is 180 Å². The van der Waals surface area contributed by atoms with E-state index in [0.717, 1.165) is 12.1 Å². The number of anilines is 2. The van der Waals surface area contributed by atoms with E-state index in [1.807, 2.05) is 0 Å². The summed E-state index contributed by atoms with van der Waals surface area (Å²) in [4.78, 5) is 4.22. The molecule has 0 bridgehead atoms. The van der Waals surface area contributed by atoms with Crippen LogP contribution < -0.4 is 14.8 Å². The summed E-state index contributed by atoms with van der Waals surface area (Å²) in [5.74, 6) is -1.38. The lowest BCUT2D eigenvalue weighted by Gasteiger charge is -2.16. The summed E-state index contributed by atoms with van der Waals surface area (Å²) in [5.41, 5.74) is 0.326. The van der Waals surface area contributed by atoms with Crippen molar-refractivity contribution in [2.75, 3.05) is 19.5 Å². The van der Waals surface area contributed by atoms with E-state index in [2.05, 4.69) is 25.6 Å². The van der Waals surface area contributed by atoms with Gasteiger partial charge < -0.3 is 14.8 Å². The lowest BCUT2D eigenvalue weighted by Crippen LogP contribution is -2.03. The van der Waals surface area contributed by atoms with Crippen molar-refractivity contribution in [3.63, 3.8) is 0 Å². The van der Waals surface area contributed by atoms with Crippen LogP contribution >= 0.6 is 0 Å². The highest BCUT2D eigenvalue weighted by atomic mass is 19.1. The minimum absolute atomic E-state index is 0.00629. The Morgan fingerprint density at radius 1 is 1.03 bits per heavy atom. The maximum Gasteiger partial charge on any atom is 0.257 e. The molecule has 0 unspecified atom stereocenters. The van der Waals surface area contributed by atoms with Crippen molar-refractivity contribution < 1.29 is 22.4 Å². The molecule has 8 nitrogen and oxygen atoms in total. The summed E-state index contributed by atoms with van der Waals surface area (Å²) < 4.78 is 62.9. The largest absolute Gasteiger partial charge is 0.494 e. The fourth-order valence-electron chi connectivity index (χ4n) is 3.05. The van der Waals surface area contributed by atoms with E-state index < -0.39 is 30.1 Å². The molecule has 0 atom stereocenters. The number of hydrogen-bond donors (Lipinski definition) is 1. The maximum atomic E-state index is 14.3. The second kappa shape index (κ2) is 8.34. The number of methoxy groups -OCH3 is 2. The lowest BCUT2D eigenvalue weighted by atomic mass is 10.1. The van der Waals surface area contributed by atoms with Crippen molar-refractivity contribution in [2.45, 2.75) is 0 Å². The molecule has 0 saturated heterocycles. The molecule has 0 amide bonds. The van der Waals surface area contributed by atoms with Crippen LogP contribution in [-0.4, -0.2) is 39.1 Å². The zero-order valence-electron chi connectivity index (χ0n) is 19.4. The fraction of sp³-hybridized carbons (Fsp3) is 0.143. The van der Waals surface area contributed by atoms with Crippen molar-refractivity contribution >= 4 is 11.4 Å². The quantitative estimate of drug-likeness (QED) is 0.498. The molecule has 0 aliphatic carbocycles. The molecule has 158 valence electrons. The van der Waals surface area contributed by atoms with Crippen LogP contribution in [0.5, 0.6) is 11.6 Å². The summed E-state index contributed by atoms with van der Waals surface area (Å²) in [7, 11) is 0.312. The third-order valence-electron chi connectivity index (χ3n) is 4.40. The highest BCUT2D eigenvalue weighted by Crippen LogP contribution is 2.38. The smallest absolute Gasteiger partial charge is 0.257 e. The zero-order chi connectivity index (χ0) is 24.5. The number of nitrogens with one attached hydrogen (secondary N) is 1. The molecular weight excluding hydrogens is 406 g/mol. The first-order valence-corrected chi connectivity index (χ1v) is 8.97. The van der Waals surface area contributed by atoms with Crippen molar-refractivity contribution in [3.8, 4) is 34.3 Å². The van der Waals surface area contributed by atoms with Gasteiger partial charge in [0.2, 0.25) is 0 Å². The lowest BCUT2D eigenvalue weighted by molar-refractivity contribution is 0.394. The van der Waals surface area contributed by atoms with Gasteiger partial charge in [-0.25, -0.2) is 13.8 Å². The van der Waals surface area contributed by atoms with Gasteiger partial charge in [-0.2, -0.15) is 5.10 Å². The van der Waals surface area contributed by atoms with E-state index >= 15 is 0 Å². The Balaban J connectivity index is 1.83. The van der Waals surface area contributed by atoms with Gasteiger partial charge >= 0.3 is 0 Å². The first-order valence-electron chi connectivity index (χ1n) is 10.5. The number of hydrogen-bond acceptors (Lipinski definition) is 7. The van der Waals surface area contributed by atoms with E-state index in [1.165, 1.54) is 30.3 Å². The molecule has 2 aromatic carbocycles. The zero-order valence-corrected chi connectivity index (χ0v) is 16.4. The minimum Gasteiger partial charge on any atom is -0.494 e. The summed E-state index contributed by atoms with van der Waals surface area (Å²) >= 11 is 0. The molecule has 1 N–H and O–H groups in total. The Hall–Kier alpha value is -4.08. The predicted octanol–water partition coefficient (Wildman–Crippen LogP) is 3.98. The number of benzene rings is 2. The molecule has 0 saturated carbocycles. The number of aryl methyl sites for hydroxylation is 1. The number of halogens is 2. The molecular formula is C21H18F2N6O2. The Bertz CT molecular complexity index is 1330. The fourth-order valence-corrected chi connectivity index (χ4v) is 3.05. The third-order valence-corrected chi connectivity index (χ3v) is 4.40. The monoisotopic (exact) mass is 427 g/mol. The second-order valence-corrected chi connectivity index (χ2v) is 6.40. The van der Waals surface area contributed by atoms with E-state index in [1.54, 1.807) is 25.2 Å².